The second kappa shape index (κ2) is 9.90. The first-order valence-electron chi connectivity index (χ1n) is 8.81. The highest BCUT2D eigenvalue weighted by Gasteiger charge is 2.15. The number of anilines is 1. The monoisotopic (exact) mass is 536 g/mol. The Kier molecular flexibility index (Phi) is 7.23. The highest BCUT2D eigenvalue weighted by Crippen LogP contribution is 2.24. The van der Waals surface area contributed by atoms with Gasteiger partial charge in [-0.1, -0.05) is 33.6 Å². The van der Waals surface area contributed by atoms with Gasteiger partial charge >= 0.3 is 0 Å². The Bertz CT molecular complexity index is 1300. The molecule has 9 nitrogen and oxygen atoms in total. The van der Waals surface area contributed by atoms with Crippen molar-refractivity contribution in [2.45, 2.75) is 4.90 Å². The molecule has 0 radical (unpaired) electrons. The van der Waals surface area contributed by atoms with Crippen molar-refractivity contribution in [2.75, 3.05) is 4.72 Å². The van der Waals surface area contributed by atoms with Crippen LogP contribution in [0.4, 0.5) is 11.4 Å². The predicted octanol–water partition coefficient (Wildman–Crippen LogP) is 4.58. The number of amides is 1. The summed E-state index contributed by atoms with van der Waals surface area (Å²) in [4.78, 5) is 22.6. The van der Waals surface area contributed by atoms with Crippen molar-refractivity contribution in [3.05, 3.63) is 97.5 Å². The van der Waals surface area contributed by atoms with Gasteiger partial charge in [0.05, 0.1) is 16.0 Å². The maximum atomic E-state index is 12.4. The van der Waals surface area contributed by atoms with Gasteiger partial charge in [0.2, 0.25) is 0 Å². The fourth-order valence-electron chi connectivity index (χ4n) is 2.50. The number of sulfonamides is 1. The second-order valence-corrected chi connectivity index (χ2v) is 9.31. The van der Waals surface area contributed by atoms with Crippen molar-refractivity contribution in [3.8, 4) is 0 Å². The van der Waals surface area contributed by atoms with Crippen LogP contribution < -0.4 is 10.1 Å². The van der Waals surface area contributed by atoms with Crippen molar-refractivity contribution in [2.24, 2.45) is 5.10 Å². The third-order valence-electron chi connectivity index (χ3n) is 4.07. The minimum atomic E-state index is -3.77. The third kappa shape index (κ3) is 5.90. The van der Waals surface area contributed by atoms with Crippen molar-refractivity contribution in [1.29, 1.82) is 0 Å². The molecule has 0 aromatic heterocycles. The molecule has 0 atom stereocenters. The Morgan fingerprint density at radius 1 is 1.06 bits per heavy atom. The van der Waals surface area contributed by atoms with E-state index in [4.69, 9.17) is 11.6 Å². The standard InChI is InChI=1S/C20H14BrClN4O5S/c21-15-4-8-17(9-5-15)32(30,31)25-16-6-2-14(3-7-16)20(27)24-23-12-13-1-10-18(22)19(11-13)26(28)29/h1-12,25H,(H,24,27)/b23-12+. The lowest BCUT2D eigenvalue weighted by Crippen LogP contribution is -2.18. The molecule has 0 spiro atoms. The summed E-state index contributed by atoms with van der Waals surface area (Å²) in [6.07, 6.45) is 1.24. The number of benzene rings is 3. The molecule has 2 N–H and O–H groups in total. The van der Waals surface area contributed by atoms with Crippen molar-refractivity contribution >= 4 is 61.1 Å². The summed E-state index contributed by atoms with van der Waals surface area (Å²) in [5.41, 5.74) is 2.90. The summed E-state index contributed by atoms with van der Waals surface area (Å²) in [7, 11) is -3.77. The van der Waals surface area contributed by atoms with Crippen LogP contribution in [0.1, 0.15) is 15.9 Å². The maximum absolute atomic E-state index is 12.4. The van der Waals surface area contributed by atoms with E-state index in [1.165, 1.54) is 60.8 Å². The number of nitrogens with one attached hydrogen (secondary N) is 2. The first kappa shape index (κ1) is 23.4. The van der Waals surface area contributed by atoms with Gasteiger partial charge in [-0.3, -0.25) is 19.6 Å². The number of halogens is 2. The van der Waals surface area contributed by atoms with E-state index in [-0.39, 0.29) is 26.9 Å². The summed E-state index contributed by atoms with van der Waals surface area (Å²) >= 11 is 9.00. The molecule has 0 fully saturated rings. The average Bonchev–Trinajstić information content (AvgIpc) is 2.75. The molecule has 0 aliphatic rings. The van der Waals surface area contributed by atoms with Crippen LogP contribution in [0.25, 0.3) is 0 Å². The van der Waals surface area contributed by atoms with E-state index >= 15 is 0 Å². The molecule has 0 heterocycles. The third-order valence-corrected chi connectivity index (χ3v) is 6.32. The Labute approximate surface area is 196 Å². The fraction of sp³-hybridized carbons (Fsp3) is 0. The van der Waals surface area contributed by atoms with Crippen LogP contribution in [-0.4, -0.2) is 25.5 Å². The lowest BCUT2D eigenvalue weighted by Gasteiger charge is -2.09. The number of hydrazone groups is 1. The van der Waals surface area contributed by atoms with E-state index in [9.17, 15) is 23.3 Å². The lowest BCUT2D eigenvalue weighted by atomic mass is 10.2. The van der Waals surface area contributed by atoms with Crippen LogP contribution in [0.5, 0.6) is 0 Å². The fourth-order valence-corrected chi connectivity index (χ4v) is 4.01. The molecule has 3 aromatic rings. The molecule has 0 aliphatic heterocycles. The van der Waals surface area contributed by atoms with Gasteiger partial charge in [0.15, 0.2) is 0 Å². The molecule has 0 aliphatic carbocycles. The largest absolute Gasteiger partial charge is 0.288 e. The Morgan fingerprint density at radius 2 is 1.72 bits per heavy atom. The topological polar surface area (TPSA) is 131 Å². The Morgan fingerprint density at radius 3 is 2.34 bits per heavy atom. The minimum absolute atomic E-state index is 0.00738. The number of rotatable bonds is 7. The van der Waals surface area contributed by atoms with Crippen LogP contribution in [0.3, 0.4) is 0 Å². The second-order valence-electron chi connectivity index (χ2n) is 6.30. The Hall–Kier alpha value is -3.28. The summed E-state index contributed by atoms with van der Waals surface area (Å²) in [6, 6.07) is 16.0. The summed E-state index contributed by atoms with van der Waals surface area (Å²) in [5, 5.41) is 14.7. The van der Waals surface area contributed by atoms with Crippen LogP contribution >= 0.6 is 27.5 Å². The van der Waals surface area contributed by atoms with Crippen LogP contribution in [0, 0.1) is 10.1 Å². The van der Waals surface area contributed by atoms with Gasteiger partial charge in [0, 0.05) is 27.4 Å². The molecule has 164 valence electrons. The number of hydrogen-bond acceptors (Lipinski definition) is 6. The summed E-state index contributed by atoms with van der Waals surface area (Å²) < 4.78 is 28.0. The zero-order valence-electron chi connectivity index (χ0n) is 16.0. The molecular formula is C20H14BrClN4O5S. The number of hydrogen-bond donors (Lipinski definition) is 2. The van der Waals surface area contributed by atoms with Gasteiger partial charge < -0.3 is 0 Å². The number of nitro groups is 1. The van der Waals surface area contributed by atoms with Crippen LogP contribution in [0.15, 0.2) is 81.2 Å². The molecule has 0 saturated carbocycles. The smallest absolute Gasteiger partial charge is 0.280 e. The first-order valence-corrected chi connectivity index (χ1v) is 11.5. The SMILES string of the molecule is O=C(N/N=C/c1ccc(Cl)c([N+](=O)[O-])c1)c1ccc(NS(=O)(=O)c2ccc(Br)cc2)cc1. The van der Waals surface area contributed by atoms with Crippen molar-refractivity contribution < 1.29 is 18.1 Å². The number of nitrogens with zero attached hydrogens (tertiary/aromatic N) is 2. The molecule has 3 aromatic carbocycles. The number of carbonyl (C=O) groups is 1. The molecular weight excluding hydrogens is 524 g/mol. The van der Waals surface area contributed by atoms with E-state index in [1.54, 1.807) is 12.1 Å². The highest BCUT2D eigenvalue weighted by atomic mass is 79.9. The Balaban J connectivity index is 1.64. The van der Waals surface area contributed by atoms with Crippen LogP contribution in [0.2, 0.25) is 5.02 Å². The molecule has 12 heteroatoms. The molecule has 0 saturated heterocycles. The van der Waals surface area contributed by atoms with E-state index in [1.807, 2.05) is 0 Å². The molecule has 0 unspecified atom stereocenters. The quantitative estimate of drug-likeness (QED) is 0.259. The van der Waals surface area contributed by atoms with Gasteiger partial charge in [-0.05, 0) is 54.6 Å². The first-order chi connectivity index (χ1) is 15.2. The average molecular weight is 538 g/mol. The van der Waals surface area contributed by atoms with Gasteiger partial charge in [0.25, 0.3) is 21.6 Å². The van der Waals surface area contributed by atoms with E-state index in [0.29, 0.717) is 5.56 Å². The molecule has 32 heavy (non-hydrogen) atoms. The highest BCUT2D eigenvalue weighted by molar-refractivity contribution is 9.10. The van der Waals surface area contributed by atoms with Gasteiger partial charge in [-0.15, -0.1) is 0 Å². The van der Waals surface area contributed by atoms with Gasteiger partial charge in [0.1, 0.15) is 5.02 Å². The summed E-state index contributed by atoms with van der Waals surface area (Å²) in [6.45, 7) is 0. The van der Waals surface area contributed by atoms with E-state index in [2.05, 4.69) is 31.2 Å². The van der Waals surface area contributed by atoms with Crippen molar-refractivity contribution in [1.82, 2.24) is 5.43 Å². The van der Waals surface area contributed by atoms with Gasteiger partial charge in [-0.25, -0.2) is 13.8 Å². The maximum Gasteiger partial charge on any atom is 0.288 e. The predicted molar refractivity (Wildman–Crippen MR) is 125 cm³/mol. The van der Waals surface area contributed by atoms with E-state index < -0.39 is 20.9 Å². The number of carbonyl (C=O) groups excluding carboxylic acids is 1. The zero-order valence-corrected chi connectivity index (χ0v) is 19.2. The summed E-state index contributed by atoms with van der Waals surface area (Å²) in [5.74, 6) is -0.549. The molecule has 0 bridgehead atoms. The zero-order chi connectivity index (χ0) is 23.3. The van der Waals surface area contributed by atoms with Gasteiger partial charge in [-0.2, -0.15) is 5.10 Å². The number of nitro benzene ring substituents is 1. The normalized spacial score (nSPS) is 11.3. The van der Waals surface area contributed by atoms with Crippen LogP contribution in [-0.2, 0) is 10.0 Å². The minimum Gasteiger partial charge on any atom is -0.280 e. The van der Waals surface area contributed by atoms with Crippen molar-refractivity contribution in [3.63, 3.8) is 0 Å². The molecule has 1 amide bonds. The lowest BCUT2D eigenvalue weighted by molar-refractivity contribution is -0.384. The van der Waals surface area contributed by atoms with E-state index in [0.717, 1.165) is 4.47 Å². The molecule has 3 rings (SSSR count).